The molecule has 0 amide bonds. The normalized spacial score (nSPS) is 20.5. The molecule has 1 aliphatic carbocycles. The maximum absolute atomic E-state index is 11.2. The minimum absolute atomic E-state index is 0.00241. The first-order valence-electron chi connectivity index (χ1n) is 6.97. The van der Waals surface area contributed by atoms with E-state index in [4.69, 9.17) is 10.2 Å². The molecule has 0 radical (unpaired) electrons. The Hall–Kier alpha value is -1.55. The van der Waals surface area contributed by atoms with Crippen LogP contribution < -0.4 is 11.5 Å². The minimum atomic E-state index is -0.412. The molecule has 0 saturated heterocycles. The Kier molecular flexibility index (Phi) is 2.97. The van der Waals surface area contributed by atoms with Crippen molar-refractivity contribution in [3.63, 3.8) is 0 Å². The summed E-state index contributed by atoms with van der Waals surface area (Å²) in [5.41, 5.74) is 9.01. The number of nitrogens with one attached hydrogen (secondary N) is 1. The number of H-pyrrole nitrogens is 1. The Bertz CT molecular complexity index is 635. The van der Waals surface area contributed by atoms with Gasteiger partial charge in [0.25, 0.3) is 0 Å². The van der Waals surface area contributed by atoms with Crippen molar-refractivity contribution in [2.45, 2.75) is 45.1 Å². The Morgan fingerprint density at radius 3 is 2.79 bits per heavy atom. The first kappa shape index (κ1) is 12.5. The van der Waals surface area contributed by atoms with Gasteiger partial charge in [-0.3, -0.25) is 4.98 Å². The molecule has 3 N–H and O–H groups in total. The fourth-order valence-electron chi connectivity index (χ4n) is 3.23. The third-order valence-electron chi connectivity index (χ3n) is 4.55. The van der Waals surface area contributed by atoms with Crippen LogP contribution in [0.25, 0.3) is 11.1 Å². The Morgan fingerprint density at radius 1 is 1.32 bits per heavy atom. The highest BCUT2D eigenvalue weighted by Gasteiger charge is 2.34. The summed E-state index contributed by atoms with van der Waals surface area (Å²) in [4.78, 5) is 13.8. The Morgan fingerprint density at radius 2 is 2.05 bits per heavy atom. The van der Waals surface area contributed by atoms with Gasteiger partial charge in [0.05, 0.1) is 5.52 Å². The fourth-order valence-corrected chi connectivity index (χ4v) is 3.23. The molecule has 1 aliphatic rings. The van der Waals surface area contributed by atoms with Crippen molar-refractivity contribution >= 4 is 11.1 Å². The molecular weight excluding hydrogens is 240 g/mol. The number of aromatic amines is 1. The van der Waals surface area contributed by atoms with Crippen LogP contribution in [0.1, 0.15) is 50.6 Å². The zero-order chi connectivity index (χ0) is 13.5. The smallest absolute Gasteiger partial charge is 0.408 e. The lowest BCUT2D eigenvalue weighted by atomic mass is 9.69. The lowest BCUT2D eigenvalue weighted by Gasteiger charge is -2.39. The Labute approximate surface area is 112 Å². The number of aromatic nitrogens is 1. The van der Waals surface area contributed by atoms with Crippen molar-refractivity contribution in [1.82, 2.24) is 4.98 Å². The highest BCUT2D eigenvalue weighted by molar-refractivity contribution is 5.72. The molecular formula is C15H20N2O2. The molecule has 0 spiro atoms. The van der Waals surface area contributed by atoms with E-state index in [9.17, 15) is 4.79 Å². The van der Waals surface area contributed by atoms with E-state index in [0.717, 1.165) is 11.1 Å². The van der Waals surface area contributed by atoms with Crippen LogP contribution in [0.15, 0.2) is 27.4 Å². The molecule has 0 bridgehead atoms. The second-order valence-electron chi connectivity index (χ2n) is 5.96. The van der Waals surface area contributed by atoms with E-state index in [1.54, 1.807) is 0 Å². The second-order valence-corrected chi connectivity index (χ2v) is 5.96. The molecule has 2 aromatic rings. The molecule has 0 aliphatic heterocycles. The third kappa shape index (κ3) is 2.21. The van der Waals surface area contributed by atoms with Crippen LogP contribution in [-0.4, -0.2) is 4.98 Å². The maximum atomic E-state index is 11.2. The lowest BCUT2D eigenvalue weighted by Crippen LogP contribution is -2.33. The lowest BCUT2D eigenvalue weighted by molar-refractivity contribution is 0.170. The molecule has 1 atom stereocenters. The third-order valence-corrected chi connectivity index (χ3v) is 4.55. The van der Waals surface area contributed by atoms with Gasteiger partial charge in [0.15, 0.2) is 5.58 Å². The molecule has 1 heterocycles. The van der Waals surface area contributed by atoms with Gasteiger partial charge in [0, 0.05) is 6.04 Å². The van der Waals surface area contributed by atoms with Gasteiger partial charge in [-0.25, -0.2) is 4.79 Å². The summed E-state index contributed by atoms with van der Waals surface area (Å²) < 4.78 is 5.11. The molecule has 1 unspecified atom stereocenters. The molecule has 1 aromatic heterocycles. The summed E-state index contributed by atoms with van der Waals surface area (Å²) in [6, 6.07) is 5.77. The minimum Gasteiger partial charge on any atom is -0.408 e. The monoisotopic (exact) mass is 260 g/mol. The number of oxazole rings is 1. The van der Waals surface area contributed by atoms with Gasteiger partial charge in [0.1, 0.15) is 0 Å². The van der Waals surface area contributed by atoms with Crippen molar-refractivity contribution in [1.29, 1.82) is 0 Å². The summed E-state index contributed by atoms with van der Waals surface area (Å²) >= 11 is 0. The predicted molar refractivity (Wildman–Crippen MR) is 75.0 cm³/mol. The number of rotatable bonds is 2. The average Bonchev–Trinajstić information content (AvgIpc) is 2.77. The number of benzene rings is 1. The first-order valence-corrected chi connectivity index (χ1v) is 6.97. The van der Waals surface area contributed by atoms with E-state index in [2.05, 4.69) is 11.9 Å². The van der Waals surface area contributed by atoms with Crippen molar-refractivity contribution in [2.24, 2.45) is 11.1 Å². The molecule has 1 saturated carbocycles. The van der Waals surface area contributed by atoms with Crippen LogP contribution >= 0.6 is 0 Å². The zero-order valence-electron chi connectivity index (χ0n) is 11.2. The summed E-state index contributed by atoms with van der Waals surface area (Å²) in [5.74, 6) is -0.412. The van der Waals surface area contributed by atoms with Gasteiger partial charge in [0.2, 0.25) is 0 Å². The molecule has 1 aromatic carbocycles. The van der Waals surface area contributed by atoms with Crippen LogP contribution in [0.2, 0.25) is 0 Å². The van der Waals surface area contributed by atoms with Crippen LogP contribution in [0.5, 0.6) is 0 Å². The van der Waals surface area contributed by atoms with E-state index in [1.165, 1.54) is 32.1 Å². The van der Waals surface area contributed by atoms with E-state index < -0.39 is 5.76 Å². The average molecular weight is 260 g/mol. The first-order chi connectivity index (χ1) is 9.08. The van der Waals surface area contributed by atoms with Crippen molar-refractivity contribution < 1.29 is 4.42 Å². The van der Waals surface area contributed by atoms with Crippen LogP contribution in [-0.2, 0) is 0 Å². The molecule has 4 nitrogen and oxygen atoms in total. The topological polar surface area (TPSA) is 72.0 Å². The SMILES string of the molecule is CC1(C(N)c2ccc3[nH]c(=O)oc3c2)CCCCC1. The van der Waals surface area contributed by atoms with Crippen molar-refractivity contribution in [3.8, 4) is 0 Å². The molecule has 102 valence electrons. The largest absolute Gasteiger partial charge is 0.417 e. The van der Waals surface area contributed by atoms with Gasteiger partial charge in [-0.2, -0.15) is 0 Å². The standard InChI is InChI=1S/C15H20N2O2/c1-15(7-3-2-4-8-15)13(16)10-5-6-11-12(9-10)19-14(18)17-11/h5-6,9,13H,2-4,7-8,16H2,1H3,(H,17,18). The van der Waals surface area contributed by atoms with Crippen LogP contribution in [0.4, 0.5) is 0 Å². The summed E-state index contributed by atoms with van der Waals surface area (Å²) in [6.45, 7) is 2.27. The summed E-state index contributed by atoms with van der Waals surface area (Å²) in [5, 5.41) is 0. The number of fused-ring (bicyclic) bond motifs is 1. The molecule has 19 heavy (non-hydrogen) atoms. The second kappa shape index (κ2) is 4.53. The zero-order valence-corrected chi connectivity index (χ0v) is 11.2. The van der Waals surface area contributed by atoms with Crippen molar-refractivity contribution in [3.05, 3.63) is 34.3 Å². The number of hydrogen-bond acceptors (Lipinski definition) is 3. The van der Waals surface area contributed by atoms with Gasteiger partial charge >= 0.3 is 5.76 Å². The highest BCUT2D eigenvalue weighted by Crippen LogP contribution is 2.44. The molecule has 4 heteroatoms. The van der Waals surface area contributed by atoms with Gasteiger partial charge < -0.3 is 10.2 Å². The highest BCUT2D eigenvalue weighted by atomic mass is 16.4. The van der Waals surface area contributed by atoms with E-state index >= 15 is 0 Å². The van der Waals surface area contributed by atoms with E-state index in [-0.39, 0.29) is 11.5 Å². The maximum Gasteiger partial charge on any atom is 0.417 e. The number of hydrogen-bond donors (Lipinski definition) is 2. The predicted octanol–water partition coefficient (Wildman–Crippen LogP) is 3.09. The van der Waals surface area contributed by atoms with Gasteiger partial charge in [-0.15, -0.1) is 0 Å². The number of nitrogens with two attached hydrogens (primary N) is 1. The molecule has 3 rings (SSSR count). The molecule has 1 fully saturated rings. The van der Waals surface area contributed by atoms with Crippen LogP contribution in [0.3, 0.4) is 0 Å². The van der Waals surface area contributed by atoms with E-state index in [1.807, 2.05) is 18.2 Å². The summed E-state index contributed by atoms with van der Waals surface area (Å²) in [7, 11) is 0. The summed E-state index contributed by atoms with van der Waals surface area (Å²) in [6.07, 6.45) is 6.16. The van der Waals surface area contributed by atoms with E-state index in [0.29, 0.717) is 5.58 Å². The van der Waals surface area contributed by atoms with Crippen LogP contribution in [0, 0.1) is 5.41 Å². The quantitative estimate of drug-likeness (QED) is 0.871. The Balaban J connectivity index is 1.96. The van der Waals surface area contributed by atoms with Gasteiger partial charge in [-0.1, -0.05) is 32.3 Å². The van der Waals surface area contributed by atoms with Gasteiger partial charge in [-0.05, 0) is 36.0 Å². The van der Waals surface area contributed by atoms with Crippen molar-refractivity contribution in [2.75, 3.05) is 0 Å². The fraction of sp³-hybridized carbons (Fsp3) is 0.533.